The van der Waals surface area contributed by atoms with Crippen LogP contribution in [0.2, 0.25) is 0 Å². The Balaban J connectivity index is 3.40. The van der Waals surface area contributed by atoms with Gasteiger partial charge in [0.25, 0.3) is 0 Å². The molecular weight excluding hydrogens is 188 g/mol. The highest BCUT2D eigenvalue weighted by atomic mass is 16.2. The number of nitrogens with one attached hydrogen (secondary N) is 2. The Morgan fingerprint density at radius 1 is 1.27 bits per heavy atom. The van der Waals surface area contributed by atoms with E-state index in [1.54, 1.807) is 0 Å². The molecule has 0 heterocycles. The van der Waals surface area contributed by atoms with Crippen LogP contribution in [0, 0.1) is 11.3 Å². The third kappa shape index (κ3) is 11.4. The van der Waals surface area contributed by atoms with Gasteiger partial charge in [-0.1, -0.05) is 34.6 Å². The first-order valence-corrected chi connectivity index (χ1v) is 5.83. The number of hydrazine groups is 1. The first kappa shape index (κ1) is 14.4. The van der Waals surface area contributed by atoms with E-state index in [4.69, 9.17) is 0 Å². The van der Waals surface area contributed by atoms with Crippen LogP contribution in [0.25, 0.3) is 0 Å². The van der Waals surface area contributed by atoms with E-state index < -0.39 is 0 Å². The maximum atomic E-state index is 11.3. The van der Waals surface area contributed by atoms with E-state index in [1.807, 2.05) is 0 Å². The molecule has 0 atom stereocenters. The molecule has 0 aliphatic carbocycles. The van der Waals surface area contributed by atoms with Crippen molar-refractivity contribution in [3.8, 4) is 0 Å². The summed E-state index contributed by atoms with van der Waals surface area (Å²) in [5, 5.41) is 0. The fourth-order valence-electron chi connectivity index (χ4n) is 1.08. The zero-order valence-electron chi connectivity index (χ0n) is 10.8. The summed E-state index contributed by atoms with van der Waals surface area (Å²) in [6, 6.07) is 0. The smallest absolute Gasteiger partial charge is 0.234 e. The zero-order chi connectivity index (χ0) is 11.9. The Labute approximate surface area is 94.0 Å². The maximum Gasteiger partial charge on any atom is 0.234 e. The Bertz CT molecular complexity index is 183. The molecule has 0 unspecified atom stereocenters. The van der Waals surface area contributed by atoms with Crippen LogP contribution in [0.4, 0.5) is 0 Å². The molecule has 0 aromatic carbocycles. The van der Waals surface area contributed by atoms with Crippen molar-refractivity contribution in [1.82, 2.24) is 10.9 Å². The molecule has 0 aromatic heterocycles. The molecule has 0 aliphatic heterocycles. The molecule has 1 amide bonds. The average Bonchev–Trinajstić information content (AvgIpc) is 2.07. The average molecular weight is 214 g/mol. The van der Waals surface area contributed by atoms with Crippen LogP contribution in [0.5, 0.6) is 0 Å². The molecule has 3 nitrogen and oxygen atoms in total. The molecule has 0 saturated carbocycles. The summed E-state index contributed by atoms with van der Waals surface area (Å²) in [6.45, 7) is 11.7. The van der Waals surface area contributed by atoms with E-state index in [1.165, 1.54) is 0 Å². The first-order chi connectivity index (χ1) is 6.81. The molecule has 3 heteroatoms. The first-order valence-electron chi connectivity index (χ1n) is 5.83. The van der Waals surface area contributed by atoms with Crippen molar-refractivity contribution < 1.29 is 4.79 Å². The van der Waals surface area contributed by atoms with Gasteiger partial charge in [-0.05, 0) is 24.2 Å². The number of amides is 1. The minimum atomic E-state index is 0.0950. The quantitative estimate of drug-likeness (QED) is 0.527. The normalized spacial score (nSPS) is 11.9. The van der Waals surface area contributed by atoms with Gasteiger partial charge in [-0.2, -0.15) is 0 Å². The summed E-state index contributed by atoms with van der Waals surface area (Å²) in [5.41, 5.74) is 6.00. The van der Waals surface area contributed by atoms with Crippen molar-refractivity contribution in [1.29, 1.82) is 0 Å². The van der Waals surface area contributed by atoms with Crippen molar-refractivity contribution in [2.45, 2.75) is 53.9 Å². The van der Waals surface area contributed by atoms with Crippen molar-refractivity contribution in [3.05, 3.63) is 0 Å². The lowest BCUT2D eigenvalue weighted by atomic mass is 9.93. The third-order valence-electron chi connectivity index (χ3n) is 2.18. The van der Waals surface area contributed by atoms with Gasteiger partial charge in [-0.3, -0.25) is 10.2 Å². The highest BCUT2D eigenvalue weighted by molar-refractivity contribution is 5.75. The Kier molecular flexibility index (Phi) is 6.57. The number of hydrogen-bond acceptors (Lipinski definition) is 2. The second-order valence-electron chi connectivity index (χ2n) is 5.72. The van der Waals surface area contributed by atoms with Crippen LogP contribution in [0.3, 0.4) is 0 Å². The van der Waals surface area contributed by atoms with Gasteiger partial charge in [-0.15, -0.1) is 0 Å². The van der Waals surface area contributed by atoms with Gasteiger partial charge in [0.1, 0.15) is 0 Å². The molecule has 0 rings (SSSR count). The van der Waals surface area contributed by atoms with Gasteiger partial charge < -0.3 is 0 Å². The van der Waals surface area contributed by atoms with E-state index in [0.29, 0.717) is 17.8 Å². The summed E-state index contributed by atoms with van der Waals surface area (Å²) in [4.78, 5) is 11.3. The largest absolute Gasteiger partial charge is 0.292 e. The van der Waals surface area contributed by atoms with E-state index in [0.717, 1.165) is 19.4 Å². The zero-order valence-corrected chi connectivity index (χ0v) is 10.8. The Morgan fingerprint density at radius 2 is 1.87 bits per heavy atom. The van der Waals surface area contributed by atoms with Crippen LogP contribution in [-0.4, -0.2) is 12.5 Å². The lowest BCUT2D eigenvalue weighted by Crippen LogP contribution is -2.38. The highest BCUT2D eigenvalue weighted by Crippen LogP contribution is 2.16. The van der Waals surface area contributed by atoms with E-state index in [2.05, 4.69) is 45.5 Å². The van der Waals surface area contributed by atoms with Crippen LogP contribution in [0.1, 0.15) is 53.9 Å². The van der Waals surface area contributed by atoms with E-state index in [-0.39, 0.29) is 5.91 Å². The number of hydrogen-bond donors (Lipinski definition) is 2. The summed E-state index contributed by atoms with van der Waals surface area (Å²) in [5.74, 6) is 0.683. The maximum absolute atomic E-state index is 11.3. The topological polar surface area (TPSA) is 41.1 Å². The van der Waals surface area contributed by atoms with Crippen molar-refractivity contribution >= 4 is 5.91 Å². The molecule has 0 aliphatic rings. The van der Waals surface area contributed by atoms with Crippen LogP contribution >= 0.6 is 0 Å². The SMILES string of the molecule is CC(C)CCC(=O)NNCCC(C)(C)C. The Morgan fingerprint density at radius 3 is 2.33 bits per heavy atom. The van der Waals surface area contributed by atoms with Gasteiger partial charge in [0.2, 0.25) is 5.91 Å². The lowest BCUT2D eigenvalue weighted by Gasteiger charge is -2.18. The van der Waals surface area contributed by atoms with Gasteiger partial charge >= 0.3 is 0 Å². The molecular formula is C12H26N2O. The number of rotatable bonds is 6. The molecule has 90 valence electrons. The van der Waals surface area contributed by atoms with Crippen LogP contribution in [0.15, 0.2) is 0 Å². The minimum Gasteiger partial charge on any atom is -0.292 e. The van der Waals surface area contributed by atoms with Gasteiger partial charge in [-0.25, -0.2) is 5.43 Å². The lowest BCUT2D eigenvalue weighted by molar-refractivity contribution is -0.122. The van der Waals surface area contributed by atoms with E-state index >= 15 is 0 Å². The molecule has 0 bridgehead atoms. The van der Waals surface area contributed by atoms with Gasteiger partial charge in [0, 0.05) is 13.0 Å². The third-order valence-corrected chi connectivity index (χ3v) is 2.18. The molecule has 15 heavy (non-hydrogen) atoms. The van der Waals surface area contributed by atoms with Crippen molar-refractivity contribution in [2.75, 3.05) is 6.54 Å². The van der Waals surface area contributed by atoms with Gasteiger partial charge in [0.05, 0.1) is 0 Å². The summed E-state index contributed by atoms with van der Waals surface area (Å²) < 4.78 is 0. The summed E-state index contributed by atoms with van der Waals surface area (Å²) in [7, 11) is 0. The second-order valence-corrected chi connectivity index (χ2v) is 5.72. The number of carbonyl (C=O) groups is 1. The fraction of sp³-hybridized carbons (Fsp3) is 0.917. The van der Waals surface area contributed by atoms with E-state index in [9.17, 15) is 4.79 Å². The molecule has 0 spiro atoms. The molecule has 0 fully saturated rings. The van der Waals surface area contributed by atoms with Crippen molar-refractivity contribution in [2.24, 2.45) is 11.3 Å². The molecule has 0 radical (unpaired) electrons. The summed E-state index contributed by atoms with van der Waals surface area (Å²) >= 11 is 0. The fourth-order valence-corrected chi connectivity index (χ4v) is 1.08. The molecule has 2 N–H and O–H groups in total. The molecule has 0 aromatic rings. The van der Waals surface area contributed by atoms with Crippen LogP contribution in [-0.2, 0) is 4.79 Å². The predicted octanol–water partition coefficient (Wildman–Crippen LogP) is 2.48. The second kappa shape index (κ2) is 6.83. The summed E-state index contributed by atoms with van der Waals surface area (Å²) in [6.07, 6.45) is 2.62. The number of carbonyl (C=O) groups excluding carboxylic acids is 1. The standard InChI is InChI=1S/C12H26N2O/c1-10(2)6-7-11(15)14-13-9-8-12(3,4)5/h10,13H,6-9H2,1-5H3,(H,14,15). The van der Waals surface area contributed by atoms with Gasteiger partial charge in [0.15, 0.2) is 0 Å². The predicted molar refractivity (Wildman–Crippen MR) is 64.3 cm³/mol. The van der Waals surface area contributed by atoms with Crippen LogP contribution < -0.4 is 10.9 Å². The minimum absolute atomic E-state index is 0.0950. The Hall–Kier alpha value is -0.570. The van der Waals surface area contributed by atoms with Crippen molar-refractivity contribution in [3.63, 3.8) is 0 Å². The molecule has 0 saturated heterocycles. The monoisotopic (exact) mass is 214 g/mol. The highest BCUT2D eigenvalue weighted by Gasteiger charge is 2.09.